The summed E-state index contributed by atoms with van der Waals surface area (Å²) in [5, 5.41) is 0. The van der Waals surface area contributed by atoms with E-state index in [1.807, 2.05) is 0 Å². The fourth-order valence-corrected chi connectivity index (χ4v) is 2.44. The molecular formula is C8H19NO4S2. The van der Waals surface area contributed by atoms with Crippen molar-refractivity contribution in [1.82, 2.24) is 4.72 Å². The molecule has 0 aliphatic rings. The second-order valence-electron chi connectivity index (χ2n) is 4.17. The van der Waals surface area contributed by atoms with Crippen molar-refractivity contribution in [3.05, 3.63) is 0 Å². The summed E-state index contributed by atoms with van der Waals surface area (Å²) >= 11 is 0. The average Bonchev–Trinajstić information content (AvgIpc) is 1.99. The second kappa shape index (κ2) is 4.80. The Morgan fingerprint density at radius 2 is 1.60 bits per heavy atom. The molecule has 0 aliphatic heterocycles. The van der Waals surface area contributed by atoms with Gasteiger partial charge in [0.05, 0.1) is 10.5 Å². The molecule has 0 saturated heterocycles. The highest BCUT2D eigenvalue weighted by molar-refractivity contribution is 7.92. The van der Waals surface area contributed by atoms with Crippen LogP contribution < -0.4 is 4.72 Å². The first-order valence-corrected chi connectivity index (χ1v) is 8.23. The van der Waals surface area contributed by atoms with Crippen molar-refractivity contribution < 1.29 is 16.8 Å². The zero-order valence-electron chi connectivity index (χ0n) is 9.57. The molecule has 15 heavy (non-hydrogen) atoms. The van der Waals surface area contributed by atoms with E-state index < -0.39 is 24.6 Å². The van der Waals surface area contributed by atoms with Crippen LogP contribution in [-0.2, 0) is 19.9 Å². The molecule has 1 N–H and O–H groups in total. The Balaban J connectivity index is 4.54. The summed E-state index contributed by atoms with van der Waals surface area (Å²) in [5.74, 6) is 0.0207. The third kappa shape index (κ3) is 4.94. The summed E-state index contributed by atoms with van der Waals surface area (Å²) < 4.78 is 46.4. The Morgan fingerprint density at radius 3 is 1.93 bits per heavy atom. The Hall–Kier alpha value is -0.140. The highest BCUT2D eigenvalue weighted by atomic mass is 32.2. The van der Waals surface area contributed by atoms with Gasteiger partial charge < -0.3 is 0 Å². The fourth-order valence-electron chi connectivity index (χ4n) is 0.756. The smallest absolute Gasteiger partial charge is 0.211 e. The molecule has 0 radical (unpaired) electrons. The van der Waals surface area contributed by atoms with Crippen molar-refractivity contribution in [3.63, 3.8) is 0 Å². The zero-order valence-corrected chi connectivity index (χ0v) is 11.2. The molecule has 0 aromatic rings. The Kier molecular flexibility index (Phi) is 4.75. The van der Waals surface area contributed by atoms with Crippen LogP contribution in [0.3, 0.4) is 0 Å². The first kappa shape index (κ1) is 14.9. The molecular weight excluding hydrogens is 238 g/mol. The molecule has 0 atom stereocenters. The van der Waals surface area contributed by atoms with E-state index in [1.54, 1.807) is 6.92 Å². The number of nitrogens with one attached hydrogen (secondary N) is 1. The first-order chi connectivity index (χ1) is 6.52. The maximum absolute atomic E-state index is 11.3. The number of hydrogen-bond acceptors (Lipinski definition) is 4. The minimum absolute atomic E-state index is 0.0207. The molecule has 0 unspecified atom stereocenters. The van der Waals surface area contributed by atoms with E-state index in [0.717, 1.165) is 6.26 Å². The predicted molar refractivity (Wildman–Crippen MR) is 61.0 cm³/mol. The fraction of sp³-hybridized carbons (Fsp3) is 1.00. The van der Waals surface area contributed by atoms with Gasteiger partial charge in [0.15, 0.2) is 9.84 Å². The van der Waals surface area contributed by atoms with Crippen molar-refractivity contribution in [2.45, 2.75) is 31.9 Å². The van der Waals surface area contributed by atoms with Gasteiger partial charge in [0.25, 0.3) is 0 Å². The summed E-state index contributed by atoms with van der Waals surface area (Å²) in [6, 6.07) is 0. The summed E-state index contributed by atoms with van der Waals surface area (Å²) in [6.45, 7) is 4.66. The van der Waals surface area contributed by atoms with E-state index in [1.165, 1.54) is 13.8 Å². The lowest BCUT2D eigenvalue weighted by Crippen LogP contribution is -2.44. The lowest BCUT2D eigenvalue weighted by Gasteiger charge is -2.22. The molecule has 92 valence electrons. The molecule has 0 aliphatic carbocycles. The van der Waals surface area contributed by atoms with E-state index >= 15 is 0 Å². The van der Waals surface area contributed by atoms with Crippen molar-refractivity contribution in [2.75, 3.05) is 18.6 Å². The molecule has 0 aromatic heterocycles. The third-order valence-corrected chi connectivity index (χ3v) is 5.88. The van der Waals surface area contributed by atoms with Crippen LogP contribution in [0.15, 0.2) is 0 Å². The molecule has 5 nitrogen and oxygen atoms in total. The molecule has 0 spiro atoms. The van der Waals surface area contributed by atoms with E-state index in [-0.39, 0.29) is 12.3 Å². The van der Waals surface area contributed by atoms with Crippen molar-refractivity contribution >= 4 is 19.9 Å². The van der Waals surface area contributed by atoms with Crippen LogP contribution in [0.5, 0.6) is 0 Å². The van der Waals surface area contributed by atoms with E-state index in [4.69, 9.17) is 0 Å². The van der Waals surface area contributed by atoms with Crippen molar-refractivity contribution in [1.29, 1.82) is 0 Å². The number of sulfone groups is 1. The van der Waals surface area contributed by atoms with Crippen LogP contribution in [0, 0.1) is 0 Å². The van der Waals surface area contributed by atoms with E-state index in [9.17, 15) is 16.8 Å². The Morgan fingerprint density at radius 1 is 1.13 bits per heavy atom. The molecule has 0 aromatic carbocycles. The second-order valence-corrected chi connectivity index (χ2v) is 8.75. The lowest BCUT2D eigenvalue weighted by atomic mass is 10.2. The maximum Gasteiger partial charge on any atom is 0.211 e. The summed E-state index contributed by atoms with van der Waals surface area (Å²) in [7, 11) is -6.61. The van der Waals surface area contributed by atoms with E-state index in [2.05, 4.69) is 4.72 Å². The topological polar surface area (TPSA) is 80.3 Å². The number of rotatable bonds is 6. The van der Waals surface area contributed by atoms with Gasteiger partial charge >= 0.3 is 0 Å². The normalized spacial score (nSPS) is 14.1. The van der Waals surface area contributed by atoms with Crippen molar-refractivity contribution in [2.24, 2.45) is 0 Å². The highest BCUT2D eigenvalue weighted by Crippen LogP contribution is 2.13. The van der Waals surface area contributed by atoms with Crippen LogP contribution >= 0.6 is 0 Å². The predicted octanol–water partition coefficient (Wildman–Crippen LogP) is 0.139. The number of hydrogen-bond donors (Lipinski definition) is 1. The minimum atomic E-state index is -3.34. The summed E-state index contributed by atoms with van der Waals surface area (Å²) in [6.07, 6.45) is 1.61. The van der Waals surface area contributed by atoms with Crippen LogP contribution in [0.2, 0.25) is 0 Å². The maximum atomic E-state index is 11.3. The average molecular weight is 257 g/mol. The van der Waals surface area contributed by atoms with Crippen LogP contribution in [-0.4, -0.2) is 40.1 Å². The van der Waals surface area contributed by atoms with Crippen LogP contribution in [0.1, 0.15) is 27.2 Å². The summed E-state index contributed by atoms with van der Waals surface area (Å²) in [4.78, 5) is 0. The first-order valence-electron chi connectivity index (χ1n) is 4.69. The molecule has 0 fully saturated rings. The molecule has 7 heteroatoms. The van der Waals surface area contributed by atoms with Crippen LogP contribution in [0.25, 0.3) is 0 Å². The van der Waals surface area contributed by atoms with Crippen molar-refractivity contribution in [3.8, 4) is 0 Å². The largest absolute Gasteiger partial charge is 0.229 e. The SMILES string of the molecule is CCCS(=O)(=O)NCC(C)(C)S(C)(=O)=O. The van der Waals surface area contributed by atoms with Gasteiger partial charge in [0.2, 0.25) is 10.0 Å². The standard InChI is InChI=1S/C8H19NO4S2/c1-5-6-15(12,13)9-7-8(2,3)14(4,10)11/h9H,5-7H2,1-4H3. The molecule has 0 rings (SSSR count). The number of sulfonamides is 1. The minimum Gasteiger partial charge on any atom is -0.229 e. The van der Waals surface area contributed by atoms with E-state index in [0.29, 0.717) is 6.42 Å². The monoisotopic (exact) mass is 257 g/mol. The highest BCUT2D eigenvalue weighted by Gasteiger charge is 2.31. The molecule has 0 amide bonds. The Labute approximate surface area is 92.2 Å². The van der Waals surface area contributed by atoms with Gasteiger partial charge in [-0.2, -0.15) is 0 Å². The molecule has 0 heterocycles. The van der Waals surface area contributed by atoms with Gasteiger partial charge in [-0.05, 0) is 20.3 Å². The third-order valence-electron chi connectivity index (χ3n) is 2.19. The van der Waals surface area contributed by atoms with Gasteiger partial charge in [-0.3, -0.25) is 0 Å². The quantitative estimate of drug-likeness (QED) is 0.734. The molecule has 0 saturated carbocycles. The van der Waals surface area contributed by atoms with Crippen LogP contribution in [0.4, 0.5) is 0 Å². The van der Waals surface area contributed by atoms with Gasteiger partial charge in [-0.15, -0.1) is 0 Å². The van der Waals surface area contributed by atoms with Gasteiger partial charge in [0.1, 0.15) is 0 Å². The lowest BCUT2D eigenvalue weighted by molar-refractivity contribution is 0.536. The summed E-state index contributed by atoms with van der Waals surface area (Å²) in [5.41, 5.74) is 0. The zero-order chi connectivity index (χ0) is 12.3. The van der Waals surface area contributed by atoms with Gasteiger partial charge in [-0.25, -0.2) is 21.6 Å². The Bertz CT molecular complexity index is 394. The molecule has 0 bridgehead atoms. The van der Waals surface area contributed by atoms with Gasteiger partial charge in [-0.1, -0.05) is 6.92 Å². The van der Waals surface area contributed by atoms with Gasteiger partial charge in [0, 0.05) is 12.8 Å².